The van der Waals surface area contributed by atoms with Gasteiger partial charge in [-0.25, -0.2) is 0 Å². The van der Waals surface area contributed by atoms with E-state index < -0.39 is 0 Å². The molecule has 1 N–H and O–H groups in total. The highest BCUT2D eigenvalue weighted by atomic mass is 79.9. The minimum absolute atomic E-state index is 0.231. The maximum atomic E-state index is 12.3. The van der Waals surface area contributed by atoms with Gasteiger partial charge in [0.05, 0.1) is 17.8 Å². The molecule has 5 nitrogen and oxygen atoms in total. The molecule has 3 rings (SSSR count). The number of hydrogen-bond acceptors (Lipinski definition) is 4. The van der Waals surface area contributed by atoms with Crippen LogP contribution in [0.5, 0.6) is 5.75 Å². The highest BCUT2D eigenvalue weighted by Crippen LogP contribution is 2.30. The quantitative estimate of drug-likeness (QED) is 0.661. The predicted octanol–water partition coefficient (Wildman–Crippen LogP) is 4.51. The normalized spacial score (nSPS) is 15.1. The molecule has 2 aromatic rings. The summed E-state index contributed by atoms with van der Waals surface area (Å²) in [4.78, 5) is 16.9. The summed E-state index contributed by atoms with van der Waals surface area (Å²) < 4.78 is 6.23. The van der Waals surface area contributed by atoms with Crippen LogP contribution >= 0.6 is 27.5 Å². The molecule has 0 aliphatic carbocycles. The first-order chi connectivity index (χ1) is 13.5. The van der Waals surface area contributed by atoms with E-state index in [1.54, 1.807) is 19.3 Å². The van der Waals surface area contributed by atoms with Crippen LogP contribution in [0.2, 0.25) is 5.02 Å². The van der Waals surface area contributed by atoms with Gasteiger partial charge in [0.15, 0.2) is 0 Å². The second-order valence-corrected chi connectivity index (χ2v) is 7.99. The molecule has 148 valence electrons. The second kappa shape index (κ2) is 9.45. The summed E-state index contributed by atoms with van der Waals surface area (Å²) in [5.41, 5.74) is 2.48. The number of rotatable bonds is 5. The van der Waals surface area contributed by atoms with Crippen molar-refractivity contribution in [2.45, 2.75) is 0 Å². The first-order valence-electron chi connectivity index (χ1n) is 9.02. The van der Waals surface area contributed by atoms with E-state index in [1.165, 1.54) is 6.08 Å². The number of amides is 1. The number of methoxy groups -OCH3 is 1. The zero-order valence-electron chi connectivity index (χ0n) is 15.9. The third-order valence-corrected chi connectivity index (χ3v) is 5.46. The lowest BCUT2D eigenvalue weighted by atomic mass is 10.2. The van der Waals surface area contributed by atoms with Crippen molar-refractivity contribution in [3.63, 3.8) is 0 Å². The van der Waals surface area contributed by atoms with Crippen molar-refractivity contribution < 1.29 is 9.53 Å². The first-order valence-corrected chi connectivity index (χ1v) is 10.2. The summed E-state index contributed by atoms with van der Waals surface area (Å²) in [6, 6.07) is 11.3. The number of carbonyl (C=O) groups excluding carboxylic acids is 1. The Morgan fingerprint density at radius 2 is 1.93 bits per heavy atom. The highest BCUT2D eigenvalue weighted by Gasteiger charge is 2.16. The lowest BCUT2D eigenvalue weighted by Gasteiger charge is -2.34. The smallest absolute Gasteiger partial charge is 0.248 e. The summed E-state index contributed by atoms with van der Waals surface area (Å²) >= 11 is 9.89. The van der Waals surface area contributed by atoms with Gasteiger partial charge in [-0.15, -0.1) is 0 Å². The minimum atomic E-state index is -0.231. The van der Waals surface area contributed by atoms with Crippen molar-refractivity contribution in [1.82, 2.24) is 4.90 Å². The highest BCUT2D eigenvalue weighted by molar-refractivity contribution is 9.10. The maximum Gasteiger partial charge on any atom is 0.248 e. The predicted molar refractivity (Wildman–Crippen MR) is 120 cm³/mol. The number of benzene rings is 2. The topological polar surface area (TPSA) is 44.8 Å². The molecular formula is C21H23BrClN3O2. The molecule has 0 bridgehead atoms. The van der Waals surface area contributed by atoms with E-state index in [0.717, 1.165) is 41.9 Å². The Kier molecular flexibility index (Phi) is 6.99. The molecule has 2 aromatic carbocycles. The van der Waals surface area contributed by atoms with E-state index in [1.807, 2.05) is 30.3 Å². The molecule has 0 radical (unpaired) electrons. The van der Waals surface area contributed by atoms with Gasteiger partial charge in [-0.3, -0.25) is 4.79 Å². The summed E-state index contributed by atoms with van der Waals surface area (Å²) in [6.45, 7) is 3.91. The Morgan fingerprint density at radius 3 is 2.61 bits per heavy atom. The van der Waals surface area contributed by atoms with Gasteiger partial charge in [0, 0.05) is 48.0 Å². The van der Waals surface area contributed by atoms with Gasteiger partial charge in [-0.05, 0) is 49.5 Å². The molecule has 28 heavy (non-hydrogen) atoms. The van der Waals surface area contributed by atoms with Gasteiger partial charge in [0.2, 0.25) is 5.91 Å². The number of hydrogen-bond donors (Lipinski definition) is 1. The number of likely N-dealkylation sites (N-methyl/N-ethyl adjacent to an activating group) is 1. The van der Waals surface area contributed by atoms with Gasteiger partial charge in [0.25, 0.3) is 0 Å². The molecule has 0 aromatic heterocycles. The van der Waals surface area contributed by atoms with E-state index in [4.69, 9.17) is 16.3 Å². The number of halogens is 2. The number of nitrogens with one attached hydrogen (secondary N) is 1. The molecule has 1 aliphatic rings. The SMILES string of the molecule is COc1ccc(Br)cc1/C=C/C(=O)Nc1ccc(N2CCN(C)CC2)c(Cl)c1. The largest absolute Gasteiger partial charge is 0.496 e. The van der Waals surface area contributed by atoms with Gasteiger partial charge in [-0.2, -0.15) is 0 Å². The lowest BCUT2D eigenvalue weighted by molar-refractivity contribution is -0.111. The van der Waals surface area contributed by atoms with Gasteiger partial charge >= 0.3 is 0 Å². The third kappa shape index (κ3) is 5.28. The van der Waals surface area contributed by atoms with Crippen molar-refractivity contribution >= 4 is 50.9 Å². The van der Waals surface area contributed by atoms with Crippen LogP contribution in [0, 0.1) is 0 Å². The summed E-state index contributed by atoms with van der Waals surface area (Å²) in [5.74, 6) is 0.470. The monoisotopic (exact) mass is 463 g/mol. The minimum Gasteiger partial charge on any atom is -0.496 e. The van der Waals surface area contributed by atoms with Crippen molar-refractivity contribution in [1.29, 1.82) is 0 Å². The fraction of sp³-hybridized carbons (Fsp3) is 0.286. The van der Waals surface area contributed by atoms with Crippen LogP contribution in [-0.4, -0.2) is 51.1 Å². The Balaban J connectivity index is 1.66. The summed E-state index contributed by atoms with van der Waals surface area (Å²) in [5, 5.41) is 3.49. The van der Waals surface area contributed by atoms with E-state index >= 15 is 0 Å². The number of nitrogens with zero attached hydrogens (tertiary/aromatic N) is 2. The lowest BCUT2D eigenvalue weighted by Crippen LogP contribution is -2.44. The maximum absolute atomic E-state index is 12.3. The molecule has 1 amide bonds. The second-order valence-electron chi connectivity index (χ2n) is 6.67. The van der Waals surface area contributed by atoms with Crippen molar-refractivity contribution in [3.05, 3.63) is 57.5 Å². The van der Waals surface area contributed by atoms with Crippen molar-refractivity contribution in [3.8, 4) is 5.75 Å². The average Bonchev–Trinajstić information content (AvgIpc) is 2.67. The van der Waals surface area contributed by atoms with E-state index in [-0.39, 0.29) is 5.91 Å². The van der Waals surface area contributed by atoms with E-state index in [2.05, 4.69) is 38.1 Å². The van der Waals surface area contributed by atoms with Crippen LogP contribution in [-0.2, 0) is 4.79 Å². The summed E-state index contributed by atoms with van der Waals surface area (Å²) in [6.07, 6.45) is 3.20. The number of carbonyl (C=O) groups is 1. The van der Waals surface area contributed by atoms with Crippen LogP contribution in [0.25, 0.3) is 6.08 Å². The molecule has 1 fully saturated rings. The van der Waals surface area contributed by atoms with Crippen LogP contribution in [0.4, 0.5) is 11.4 Å². The van der Waals surface area contributed by atoms with Crippen LogP contribution in [0.1, 0.15) is 5.56 Å². The summed E-state index contributed by atoms with van der Waals surface area (Å²) in [7, 11) is 3.72. The average molecular weight is 465 g/mol. The van der Waals surface area contributed by atoms with Crippen molar-refractivity contribution in [2.24, 2.45) is 0 Å². The van der Waals surface area contributed by atoms with Gasteiger partial charge in [0.1, 0.15) is 5.75 Å². The molecular weight excluding hydrogens is 442 g/mol. The molecule has 0 spiro atoms. The Bertz CT molecular complexity index is 880. The molecule has 1 saturated heterocycles. The number of anilines is 2. The molecule has 1 aliphatic heterocycles. The Hall–Kier alpha value is -2.02. The van der Waals surface area contributed by atoms with Gasteiger partial charge < -0.3 is 19.9 Å². The first kappa shape index (κ1) is 20.7. The fourth-order valence-corrected chi connectivity index (χ4v) is 3.75. The molecule has 7 heteroatoms. The van der Waals surface area contributed by atoms with Crippen LogP contribution in [0.15, 0.2) is 46.9 Å². The van der Waals surface area contributed by atoms with Gasteiger partial charge in [-0.1, -0.05) is 27.5 Å². The Labute approximate surface area is 179 Å². The van der Waals surface area contributed by atoms with E-state index in [9.17, 15) is 4.79 Å². The van der Waals surface area contributed by atoms with Crippen LogP contribution < -0.4 is 15.0 Å². The molecule has 0 atom stereocenters. The third-order valence-electron chi connectivity index (χ3n) is 4.67. The van der Waals surface area contributed by atoms with Crippen LogP contribution in [0.3, 0.4) is 0 Å². The van der Waals surface area contributed by atoms with E-state index in [0.29, 0.717) is 16.5 Å². The number of ether oxygens (including phenoxy) is 1. The molecule has 1 heterocycles. The standard InChI is InChI=1S/C21H23BrClN3O2/c1-25-9-11-26(12-10-25)19-6-5-17(14-18(19)23)24-21(27)8-3-15-13-16(22)4-7-20(15)28-2/h3-8,13-14H,9-12H2,1-2H3,(H,24,27)/b8-3+. The fourth-order valence-electron chi connectivity index (χ4n) is 3.07. The molecule has 0 unspecified atom stereocenters. The number of piperazine rings is 1. The molecule has 0 saturated carbocycles. The van der Waals surface area contributed by atoms with Crippen molar-refractivity contribution in [2.75, 3.05) is 50.6 Å². The Morgan fingerprint density at radius 1 is 1.18 bits per heavy atom. The zero-order valence-corrected chi connectivity index (χ0v) is 18.3. The zero-order chi connectivity index (χ0) is 20.1.